The van der Waals surface area contributed by atoms with E-state index < -0.39 is 12.6 Å². The van der Waals surface area contributed by atoms with E-state index in [-0.39, 0.29) is 18.9 Å². The maximum atomic E-state index is 12.4. The Balaban J connectivity index is 1.91. The van der Waals surface area contributed by atoms with Crippen molar-refractivity contribution < 1.29 is 17.9 Å². The summed E-state index contributed by atoms with van der Waals surface area (Å²) in [4.78, 5) is 16.2. The minimum absolute atomic E-state index is 0.0681. The monoisotopic (exact) mass is 368 g/mol. The molecule has 0 spiro atoms. The van der Waals surface area contributed by atoms with E-state index in [9.17, 15) is 13.2 Å². The number of ether oxygens (including phenoxy) is 1. The summed E-state index contributed by atoms with van der Waals surface area (Å²) in [5, 5.41) is 0.909. The first-order valence-corrected chi connectivity index (χ1v) is 7.75. The second-order valence-corrected chi connectivity index (χ2v) is 5.66. The van der Waals surface area contributed by atoms with Gasteiger partial charge >= 0.3 is 12.2 Å². The molecule has 0 atom stereocenters. The zero-order chi connectivity index (χ0) is 17.9. The number of halogens is 4. The van der Waals surface area contributed by atoms with Crippen LogP contribution in [0.2, 0.25) is 5.02 Å². The number of rotatable bonds is 5. The smallest absolute Gasteiger partial charge is 0.389 e. The molecule has 3 rings (SSSR count). The van der Waals surface area contributed by atoms with Crippen molar-refractivity contribution >= 4 is 22.5 Å². The number of aromatic nitrogens is 4. The highest BCUT2D eigenvalue weighted by Crippen LogP contribution is 2.31. The van der Waals surface area contributed by atoms with Crippen molar-refractivity contribution in [1.82, 2.24) is 19.9 Å². The van der Waals surface area contributed by atoms with Crippen LogP contribution in [0.1, 0.15) is 18.5 Å². The van der Waals surface area contributed by atoms with Crippen molar-refractivity contribution in [3.05, 3.63) is 47.6 Å². The molecule has 5 nitrogen and oxygen atoms in total. The minimum Gasteiger partial charge on any atom is -0.424 e. The van der Waals surface area contributed by atoms with E-state index in [0.29, 0.717) is 27.4 Å². The quantitative estimate of drug-likeness (QED) is 0.650. The van der Waals surface area contributed by atoms with Gasteiger partial charge in [-0.25, -0.2) is 19.9 Å². The van der Waals surface area contributed by atoms with Gasteiger partial charge in [-0.1, -0.05) is 17.7 Å². The number of alkyl halides is 3. The van der Waals surface area contributed by atoms with Crippen LogP contribution in [0.15, 0.2) is 36.9 Å². The number of nitrogens with zero attached hydrogens (tertiary/aromatic N) is 4. The fraction of sp³-hybridized carbons (Fsp3) is 0.250. The van der Waals surface area contributed by atoms with Crippen molar-refractivity contribution in [3.63, 3.8) is 0 Å². The molecule has 0 aliphatic heterocycles. The summed E-state index contributed by atoms with van der Waals surface area (Å²) < 4.78 is 42.8. The largest absolute Gasteiger partial charge is 0.424 e. The van der Waals surface area contributed by atoms with Gasteiger partial charge in [0.05, 0.1) is 34.0 Å². The van der Waals surface area contributed by atoms with Gasteiger partial charge in [0.1, 0.15) is 12.1 Å². The maximum Gasteiger partial charge on any atom is 0.389 e. The lowest BCUT2D eigenvalue weighted by atomic mass is 10.1. The van der Waals surface area contributed by atoms with Crippen LogP contribution in [0.3, 0.4) is 0 Å². The second-order valence-electron chi connectivity index (χ2n) is 5.23. The third-order valence-corrected chi connectivity index (χ3v) is 3.57. The molecule has 0 bridgehead atoms. The molecular formula is C16H12ClF3N4O. The molecule has 0 unspecified atom stereocenters. The SMILES string of the molecule is FC(F)(F)CCCc1ncnc2cccc(Oc3ncc(Cl)cn3)c12. The van der Waals surface area contributed by atoms with Gasteiger partial charge in [0.25, 0.3) is 0 Å². The molecule has 0 amide bonds. The second kappa shape index (κ2) is 7.18. The first-order chi connectivity index (χ1) is 11.9. The Kier molecular flexibility index (Phi) is 4.98. The molecule has 0 aliphatic carbocycles. The molecule has 1 aromatic carbocycles. The Labute approximate surface area is 145 Å². The zero-order valence-electron chi connectivity index (χ0n) is 12.8. The minimum atomic E-state index is -4.20. The zero-order valence-corrected chi connectivity index (χ0v) is 13.6. The molecular weight excluding hydrogens is 357 g/mol. The van der Waals surface area contributed by atoms with Gasteiger partial charge in [-0.05, 0) is 25.0 Å². The average molecular weight is 369 g/mol. The van der Waals surface area contributed by atoms with E-state index in [1.54, 1.807) is 18.2 Å². The lowest BCUT2D eigenvalue weighted by Gasteiger charge is -2.11. The van der Waals surface area contributed by atoms with Crippen molar-refractivity contribution in [1.29, 1.82) is 0 Å². The average Bonchev–Trinajstić information content (AvgIpc) is 2.56. The van der Waals surface area contributed by atoms with Crippen LogP contribution in [0.4, 0.5) is 13.2 Å². The Morgan fingerprint density at radius 2 is 1.80 bits per heavy atom. The van der Waals surface area contributed by atoms with Gasteiger partial charge in [0.2, 0.25) is 0 Å². The molecule has 9 heteroatoms. The van der Waals surface area contributed by atoms with E-state index in [2.05, 4.69) is 19.9 Å². The van der Waals surface area contributed by atoms with E-state index in [1.807, 2.05) is 0 Å². The molecule has 2 heterocycles. The lowest BCUT2D eigenvalue weighted by molar-refractivity contribution is -0.135. The van der Waals surface area contributed by atoms with E-state index >= 15 is 0 Å². The summed E-state index contributed by atoms with van der Waals surface area (Å²) >= 11 is 5.74. The topological polar surface area (TPSA) is 60.8 Å². The predicted molar refractivity (Wildman–Crippen MR) is 85.6 cm³/mol. The van der Waals surface area contributed by atoms with Gasteiger partial charge in [-0.15, -0.1) is 0 Å². The maximum absolute atomic E-state index is 12.4. The van der Waals surface area contributed by atoms with Crippen molar-refractivity contribution in [2.24, 2.45) is 0 Å². The summed E-state index contributed by atoms with van der Waals surface area (Å²) in [5.74, 6) is 0.377. The van der Waals surface area contributed by atoms with Crippen LogP contribution in [-0.4, -0.2) is 26.1 Å². The first-order valence-electron chi connectivity index (χ1n) is 7.37. The summed E-state index contributed by atoms with van der Waals surface area (Å²) in [6.45, 7) is 0. The fourth-order valence-corrected chi connectivity index (χ4v) is 2.42. The van der Waals surface area contributed by atoms with Crippen molar-refractivity contribution in [2.45, 2.75) is 25.4 Å². The highest BCUT2D eigenvalue weighted by Gasteiger charge is 2.26. The van der Waals surface area contributed by atoms with Crippen LogP contribution in [0, 0.1) is 0 Å². The van der Waals surface area contributed by atoms with Crippen LogP contribution in [0.25, 0.3) is 10.9 Å². The highest BCUT2D eigenvalue weighted by molar-refractivity contribution is 6.30. The van der Waals surface area contributed by atoms with E-state index in [1.165, 1.54) is 18.7 Å². The van der Waals surface area contributed by atoms with Gasteiger partial charge < -0.3 is 4.74 Å². The standard InChI is InChI=1S/C16H12ClF3N4O/c17-10-7-21-15(22-8-10)25-13-5-1-3-11-14(13)12(24-9-23-11)4-2-6-16(18,19)20/h1,3,5,7-9H,2,4,6H2. The molecule has 0 N–H and O–H groups in total. The van der Waals surface area contributed by atoms with Gasteiger partial charge in [-0.2, -0.15) is 13.2 Å². The van der Waals surface area contributed by atoms with Crippen molar-refractivity contribution in [2.75, 3.05) is 0 Å². The molecule has 0 saturated heterocycles. The normalized spacial score (nSPS) is 11.7. The van der Waals surface area contributed by atoms with Gasteiger partial charge in [0.15, 0.2) is 0 Å². The Morgan fingerprint density at radius 1 is 1.04 bits per heavy atom. The van der Waals surface area contributed by atoms with Gasteiger partial charge in [0, 0.05) is 6.42 Å². The molecule has 130 valence electrons. The van der Waals surface area contributed by atoms with Gasteiger partial charge in [-0.3, -0.25) is 0 Å². The first kappa shape index (κ1) is 17.3. The third kappa shape index (κ3) is 4.54. The molecule has 0 aliphatic rings. The van der Waals surface area contributed by atoms with Crippen molar-refractivity contribution in [3.8, 4) is 11.8 Å². The summed E-state index contributed by atoms with van der Waals surface area (Å²) in [7, 11) is 0. The van der Waals surface area contributed by atoms with Crippen LogP contribution in [0.5, 0.6) is 11.8 Å². The van der Waals surface area contributed by atoms with Crippen LogP contribution in [-0.2, 0) is 6.42 Å². The Hall–Kier alpha value is -2.48. The summed E-state index contributed by atoms with van der Waals surface area (Å²) in [6.07, 6.45) is -0.887. The number of aryl methyl sites for hydroxylation is 1. The molecule has 25 heavy (non-hydrogen) atoms. The number of hydrogen-bond donors (Lipinski definition) is 0. The Morgan fingerprint density at radius 3 is 2.52 bits per heavy atom. The lowest BCUT2D eigenvalue weighted by Crippen LogP contribution is -2.08. The fourth-order valence-electron chi connectivity index (χ4n) is 2.32. The van der Waals surface area contributed by atoms with Crippen LogP contribution < -0.4 is 4.74 Å². The molecule has 3 aromatic rings. The van der Waals surface area contributed by atoms with E-state index in [0.717, 1.165) is 0 Å². The number of benzene rings is 1. The van der Waals surface area contributed by atoms with E-state index in [4.69, 9.17) is 16.3 Å². The number of fused-ring (bicyclic) bond motifs is 1. The highest BCUT2D eigenvalue weighted by atomic mass is 35.5. The number of hydrogen-bond acceptors (Lipinski definition) is 5. The Bertz CT molecular complexity index is 866. The molecule has 2 aromatic heterocycles. The predicted octanol–water partition coefficient (Wildman–Crippen LogP) is 4.75. The van der Waals surface area contributed by atoms with Crippen LogP contribution >= 0.6 is 11.6 Å². The molecule has 0 radical (unpaired) electrons. The third-order valence-electron chi connectivity index (χ3n) is 3.37. The molecule has 0 saturated carbocycles. The summed E-state index contributed by atoms with van der Waals surface area (Å²) in [5.41, 5.74) is 1.06. The molecule has 0 fully saturated rings. The summed E-state index contributed by atoms with van der Waals surface area (Å²) in [6, 6.07) is 5.19.